The van der Waals surface area contributed by atoms with E-state index in [-0.39, 0.29) is 22.8 Å². The fourth-order valence-corrected chi connectivity index (χ4v) is 3.77. The van der Waals surface area contributed by atoms with Crippen molar-refractivity contribution in [2.75, 3.05) is 11.8 Å². The molecule has 3 rings (SSSR count). The Morgan fingerprint density at radius 2 is 2.25 bits per heavy atom. The molecule has 2 heterocycles. The fraction of sp³-hybridized carbons (Fsp3) is 0.125. The summed E-state index contributed by atoms with van der Waals surface area (Å²) in [5.74, 6) is -1.56. The summed E-state index contributed by atoms with van der Waals surface area (Å²) < 4.78 is 46.9. The van der Waals surface area contributed by atoms with Crippen LogP contribution in [0.2, 0.25) is 0 Å². The van der Waals surface area contributed by atoms with Gasteiger partial charge in [-0.05, 0) is 17.7 Å². The lowest BCUT2D eigenvalue weighted by molar-refractivity contribution is 0.392. The number of aromatic amines is 1. The summed E-state index contributed by atoms with van der Waals surface area (Å²) in [6.45, 7) is 0. The molecule has 28 heavy (non-hydrogen) atoms. The number of pyridine rings is 1. The number of ether oxygens (including phenoxy) is 1. The summed E-state index contributed by atoms with van der Waals surface area (Å²) in [6, 6.07) is 7.24. The lowest BCUT2D eigenvalue weighted by Gasteiger charge is -2.11. The second kappa shape index (κ2) is 7.43. The standard InChI is InChI=1S/C16H12FN7O3S/c1-27-16-9(4-5-18)6-12(17)15(21-16)23-28(25,26)14-8-20-13-7-10(22-24-19)2-3-11(13)14/h2-3,6-8,20H,4H2,1H3,(H,21,23). The molecule has 2 N–H and O–H groups in total. The van der Waals surface area contributed by atoms with Gasteiger partial charge in [0, 0.05) is 33.3 Å². The molecule has 0 amide bonds. The second-order valence-electron chi connectivity index (χ2n) is 5.50. The third kappa shape index (κ3) is 3.52. The van der Waals surface area contributed by atoms with Crippen molar-refractivity contribution >= 4 is 32.4 Å². The van der Waals surface area contributed by atoms with E-state index in [9.17, 15) is 12.8 Å². The van der Waals surface area contributed by atoms with Gasteiger partial charge >= 0.3 is 0 Å². The van der Waals surface area contributed by atoms with Crippen molar-refractivity contribution in [3.05, 3.63) is 52.3 Å². The summed E-state index contributed by atoms with van der Waals surface area (Å²) in [5, 5.41) is 12.5. The lowest BCUT2D eigenvalue weighted by atomic mass is 10.2. The van der Waals surface area contributed by atoms with Crippen LogP contribution >= 0.6 is 0 Å². The molecule has 0 aliphatic heterocycles. The van der Waals surface area contributed by atoms with E-state index in [4.69, 9.17) is 15.5 Å². The molecular formula is C16H12FN7O3S. The number of halogens is 1. The van der Waals surface area contributed by atoms with Crippen molar-refractivity contribution < 1.29 is 17.5 Å². The highest BCUT2D eigenvalue weighted by Crippen LogP contribution is 2.29. The van der Waals surface area contributed by atoms with E-state index in [1.807, 2.05) is 6.07 Å². The minimum Gasteiger partial charge on any atom is -0.481 e. The minimum atomic E-state index is -4.20. The van der Waals surface area contributed by atoms with E-state index in [1.54, 1.807) is 0 Å². The zero-order valence-corrected chi connectivity index (χ0v) is 15.2. The molecule has 2 aromatic heterocycles. The van der Waals surface area contributed by atoms with Crippen LogP contribution in [0.1, 0.15) is 5.56 Å². The third-order valence-electron chi connectivity index (χ3n) is 3.79. The van der Waals surface area contributed by atoms with Gasteiger partial charge in [0.2, 0.25) is 5.88 Å². The molecule has 0 saturated carbocycles. The SMILES string of the molecule is COc1nc(NS(=O)(=O)c2c[nH]c3cc(N=[N+]=[N-])ccc23)c(F)cc1CC#N. The first kappa shape index (κ1) is 19.0. The van der Waals surface area contributed by atoms with Crippen molar-refractivity contribution in [2.24, 2.45) is 5.11 Å². The first-order valence-electron chi connectivity index (χ1n) is 7.69. The van der Waals surface area contributed by atoms with E-state index in [0.717, 1.165) is 6.07 Å². The van der Waals surface area contributed by atoms with Gasteiger partial charge in [-0.1, -0.05) is 17.2 Å². The number of nitrogens with zero attached hydrogens (tertiary/aromatic N) is 5. The number of rotatable bonds is 6. The first-order valence-corrected chi connectivity index (χ1v) is 9.17. The molecule has 10 nitrogen and oxygen atoms in total. The van der Waals surface area contributed by atoms with Crippen LogP contribution in [-0.4, -0.2) is 25.5 Å². The van der Waals surface area contributed by atoms with Crippen LogP contribution in [0.5, 0.6) is 5.88 Å². The zero-order chi connectivity index (χ0) is 20.3. The van der Waals surface area contributed by atoms with Crippen LogP contribution in [-0.2, 0) is 16.4 Å². The summed E-state index contributed by atoms with van der Waals surface area (Å²) in [4.78, 5) is 9.11. The van der Waals surface area contributed by atoms with Crippen molar-refractivity contribution in [3.8, 4) is 11.9 Å². The number of sulfonamides is 1. The number of H-pyrrole nitrogens is 1. The third-order valence-corrected chi connectivity index (χ3v) is 5.17. The van der Waals surface area contributed by atoms with Gasteiger partial charge in [0.25, 0.3) is 10.0 Å². The Balaban J connectivity index is 2.02. The Kier molecular flexibility index (Phi) is 5.04. The van der Waals surface area contributed by atoms with Gasteiger partial charge in [0.1, 0.15) is 4.90 Å². The van der Waals surface area contributed by atoms with Gasteiger partial charge in [0.15, 0.2) is 11.6 Å². The molecule has 0 radical (unpaired) electrons. The molecule has 12 heteroatoms. The average molecular weight is 401 g/mol. The van der Waals surface area contributed by atoms with Crippen molar-refractivity contribution in [1.82, 2.24) is 9.97 Å². The summed E-state index contributed by atoms with van der Waals surface area (Å²) in [5.41, 5.74) is 9.40. The summed E-state index contributed by atoms with van der Waals surface area (Å²) in [7, 11) is -2.92. The van der Waals surface area contributed by atoms with Gasteiger partial charge in [-0.25, -0.2) is 12.8 Å². The molecule has 1 aromatic carbocycles. The molecule has 0 aliphatic carbocycles. The molecule has 0 bridgehead atoms. The molecule has 0 saturated heterocycles. The average Bonchev–Trinajstić information content (AvgIpc) is 3.08. The first-order chi connectivity index (χ1) is 13.4. The maximum atomic E-state index is 14.3. The molecule has 0 unspecified atom stereocenters. The highest BCUT2D eigenvalue weighted by atomic mass is 32.2. The number of fused-ring (bicyclic) bond motifs is 1. The highest BCUT2D eigenvalue weighted by Gasteiger charge is 2.23. The maximum absolute atomic E-state index is 14.3. The Bertz CT molecular complexity index is 1260. The number of hydrogen-bond acceptors (Lipinski definition) is 6. The number of nitrogens with one attached hydrogen (secondary N) is 2. The number of anilines is 1. The molecule has 0 aliphatic rings. The molecule has 0 fully saturated rings. The normalized spacial score (nSPS) is 10.9. The highest BCUT2D eigenvalue weighted by molar-refractivity contribution is 7.93. The van der Waals surface area contributed by atoms with Gasteiger partial charge in [-0.3, -0.25) is 4.72 Å². The molecule has 3 aromatic rings. The summed E-state index contributed by atoms with van der Waals surface area (Å²) in [6.07, 6.45) is 1.09. The zero-order valence-electron chi connectivity index (χ0n) is 14.3. The van der Waals surface area contributed by atoms with E-state index >= 15 is 0 Å². The van der Waals surface area contributed by atoms with Gasteiger partial charge in [0.05, 0.1) is 19.6 Å². The van der Waals surface area contributed by atoms with E-state index in [1.165, 1.54) is 31.5 Å². The van der Waals surface area contributed by atoms with Crippen LogP contribution in [0.4, 0.5) is 15.9 Å². The van der Waals surface area contributed by atoms with E-state index < -0.39 is 21.7 Å². The van der Waals surface area contributed by atoms with Gasteiger partial charge in [-0.15, -0.1) is 0 Å². The predicted octanol–water partition coefficient (Wildman–Crippen LogP) is 3.52. The molecule has 0 spiro atoms. The Morgan fingerprint density at radius 3 is 2.93 bits per heavy atom. The number of benzene rings is 1. The Hall–Kier alpha value is -3.81. The molecular weight excluding hydrogens is 389 g/mol. The van der Waals surface area contributed by atoms with E-state index in [2.05, 4.69) is 24.7 Å². The van der Waals surface area contributed by atoms with Crippen molar-refractivity contribution in [1.29, 1.82) is 5.26 Å². The van der Waals surface area contributed by atoms with Gasteiger partial charge < -0.3 is 9.72 Å². The number of nitriles is 1. The van der Waals surface area contributed by atoms with Gasteiger partial charge in [-0.2, -0.15) is 10.2 Å². The number of azide groups is 1. The molecule has 0 atom stereocenters. The largest absolute Gasteiger partial charge is 0.481 e. The minimum absolute atomic E-state index is 0.0569. The predicted molar refractivity (Wildman–Crippen MR) is 98.0 cm³/mol. The van der Waals surface area contributed by atoms with Crippen LogP contribution in [0.3, 0.4) is 0 Å². The Labute approximate surface area is 158 Å². The second-order valence-corrected chi connectivity index (χ2v) is 7.15. The monoisotopic (exact) mass is 401 g/mol. The topological polar surface area (TPSA) is 157 Å². The van der Waals surface area contributed by atoms with E-state index in [0.29, 0.717) is 16.6 Å². The smallest absolute Gasteiger partial charge is 0.265 e. The number of methoxy groups -OCH3 is 1. The van der Waals surface area contributed by atoms with Crippen molar-refractivity contribution in [2.45, 2.75) is 11.3 Å². The fourth-order valence-electron chi connectivity index (χ4n) is 2.58. The van der Waals surface area contributed by atoms with Crippen LogP contribution in [0.15, 0.2) is 40.5 Å². The Morgan fingerprint density at radius 1 is 1.46 bits per heavy atom. The number of hydrogen-bond donors (Lipinski definition) is 2. The lowest BCUT2D eigenvalue weighted by Crippen LogP contribution is -2.15. The summed E-state index contributed by atoms with van der Waals surface area (Å²) >= 11 is 0. The van der Waals surface area contributed by atoms with Crippen LogP contribution in [0, 0.1) is 17.1 Å². The number of aromatic nitrogens is 2. The van der Waals surface area contributed by atoms with Crippen molar-refractivity contribution in [3.63, 3.8) is 0 Å². The van der Waals surface area contributed by atoms with Crippen LogP contribution < -0.4 is 9.46 Å². The molecule has 142 valence electrons. The quantitative estimate of drug-likeness (QED) is 0.367. The maximum Gasteiger partial charge on any atom is 0.265 e. The van der Waals surface area contributed by atoms with Crippen LogP contribution in [0.25, 0.3) is 21.3 Å².